The van der Waals surface area contributed by atoms with Crippen LogP contribution in [0.4, 0.5) is 0 Å². The van der Waals surface area contributed by atoms with Gasteiger partial charge in [-0.25, -0.2) is 0 Å². The van der Waals surface area contributed by atoms with Crippen LogP contribution in [0.2, 0.25) is 5.02 Å². The average Bonchev–Trinajstić information content (AvgIpc) is 2.52. The second-order valence-corrected chi connectivity index (χ2v) is 5.79. The van der Waals surface area contributed by atoms with E-state index in [9.17, 15) is 4.79 Å². The molecule has 4 heteroatoms. The molecule has 0 aliphatic heterocycles. The molecule has 2 aromatic carbocycles. The zero-order valence-electron chi connectivity index (χ0n) is 12.8. The summed E-state index contributed by atoms with van der Waals surface area (Å²) in [5, 5.41) is 3.45. The van der Waals surface area contributed by atoms with Gasteiger partial charge in [0.15, 0.2) is 6.61 Å². The molecule has 0 unspecified atom stereocenters. The molecule has 0 aliphatic rings. The van der Waals surface area contributed by atoms with E-state index in [1.165, 1.54) is 5.56 Å². The largest absolute Gasteiger partial charge is 0.484 e. The van der Waals surface area contributed by atoms with Crippen LogP contribution < -0.4 is 10.1 Å². The molecule has 0 atom stereocenters. The highest BCUT2D eigenvalue weighted by atomic mass is 35.5. The van der Waals surface area contributed by atoms with Gasteiger partial charge in [0.25, 0.3) is 5.91 Å². The van der Waals surface area contributed by atoms with Gasteiger partial charge < -0.3 is 10.1 Å². The topological polar surface area (TPSA) is 38.3 Å². The van der Waals surface area contributed by atoms with Crippen LogP contribution in [0.25, 0.3) is 0 Å². The molecule has 0 saturated heterocycles. The molecule has 0 heterocycles. The lowest BCUT2D eigenvalue weighted by atomic mass is 10.0. The Balaban J connectivity index is 1.83. The van der Waals surface area contributed by atoms with E-state index in [2.05, 4.69) is 25.2 Å². The van der Waals surface area contributed by atoms with Gasteiger partial charge in [-0.1, -0.05) is 55.8 Å². The van der Waals surface area contributed by atoms with E-state index in [0.29, 0.717) is 23.2 Å². The van der Waals surface area contributed by atoms with E-state index in [0.717, 1.165) is 5.56 Å². The summed E-state index contributed by atoms with van der Waals surface area (Å²) in [6.45, 7) is 4.63. The van der Waals surface area contributed by atoms with E-state index in [1.54, 1.807) is 6.07 Å². The fourth-order valence-electron chi connectivity index (χ4n) is 2.00. The quantitative estimate of drug-likeness (QED) is 0.868. The van der Waals surface area contributed by atoms with E-state index < -0.39 is 0 Å². The number of ether oxygens (including phenoxy) is 1. The Kier molecular flexibility index (Phi) is 5.84. The number of halogens is 1. The summed E-state index contributed by atoms with van der Waals surface area (Å²) in [5.74, 6) is 0.964. The number of carbonyl (C=O) groups is 1. The zero-order chi connectivity index (χ0) is 15.9. The van der Waals surface area contributed by atoms with Gasteiger partial charge in [-0.2, -0.15) is 0 Å². The number of hydrogen-bond acceptors (Lipinski definition) is 2. The van der Waals surface area contributed by atoms with Gasteiger partial charge in [-0.15, -0.1) is 0 Å². The van der Waals surface area contributed by atoms with Gasteiger partial charge in [0.1, 0.15) is 5.75 Å². The van der Waals surface area contributed by atoms with E-state index >= 15 is 0 Å². The van der Waals surface area contributed by atoms with E-state index in [4.69, 9.17) is 16.3 Å². The number of benzene rings is 2. The summed E-state index contributed by atoms with van der Waals surface area (Å²) >= 11 is 6.05. The van der Waals surface area contributed by atoms with Crippen LogP contribution in [0.1, 0.15) is 30.9 Å². The lowest BCUT2D eigenvalue weighted by molar-refractivity contribution is -0.123. The molecule has 2 aromatic rings. The van der Waals surface area contributed by atoms with Gasteiger partial charge in [0, 0.05) is 11.6 Å². The Bertz CT molecular complexity index is 640. The first kappa shape index (κ1) is 16.4. The maximum Gasteiger partial charge on any atom is 0.258 e. The molecular weight excluding hydrogens is 298 g/mol. The van der Waals surface area contributed by atoms with Crippen molar-refractivity contribution in [2.45, 2.75) is 26.3 Å². The van der Waals surface area contributed by atoms with Crippen molar-refractivity contribution in [3.05, 3.63) is 64.7 Å². The molecule has 0 spiro atoms. The van der Waals surface area contributed by atoms with Crippen LogP contribution in [0.15, 0.2) is 48.5 Å². The van der Waals surface area contributed by atoms with Crippen LogP contribution in [-0.2, 0) is 11.3 Å². The average molecular weight is 318 g/mol. The van der Waals surface area contributed by atoms with Gasteiger partial charge in [0.05, 0.1) is 0 Å². The summed E-state index contributed by atoms with van der Waals surface area (Å²) in [4.78, 5) is 11.8. The van der Waals surface area contributed by atoms with E-state index in [-0.39, 0.29) is 12.5 Å². The van der Waals surface area contributed by atoms with Gasteiger partial charge in [-0.3, -0.25) is 4.79 Å². The Morgan fingerprint density at radius 3 is 2.68 bits per heavy atom. The van der Waals surface area contributed by atoms with Crippen LogP contribution in [0.3, 0.4) is 0 Å². The maximum absolute atomic E-state index is 11.8. The van der Waals surface area contributed by atoms with Crippen molar-refractivity contribution >= 4 is 17.5 Å². The number of amides is 1. The molecule has 0 fully saturated rings. The van der Waals surface area contributed by atoms with Crippen LogP contribution in [0.5, 0.6) is 5.75 Å². The molecule has 0 aliphatic carbocycles. The van der Waals surface area contributed by atoms with Gasteiger partial charge in [-0.05, 0) is 35.2 Å². The Morgan fingerprint density at radius 1 is 1.18 bits per heavy atom. The second kappa shape index (κ2) is 7.85. The second-order valence-electron chi connectivity index (χ2n) is 5.38. The summed E-state index contributed by atoms with van der Waals surface area (Å²) in [6.07, 6.45) is 0. The first-order valence-corrected chi connectivity index (χ1v) is 7.67. The van der Waals surface area contributed by atoms with Crippen molar-refractivity contribution in [2.24, 2.45) is 0 Å². The summed E-state index contributed by atoms with van der Waals surface area (Å²) in [6, 6.07) is 15.2. The van der Waals surface area contributed by atoms with Crippen molar-refractivity contribution in [2.75, 3.05) is 6.61 Å². The van der Waals surface area contributed by atoms with Crippen LogP contribution >= 0.6 is 11.6 Å². The SMILES string of the molecule is CC(C)c1cccc(OCC(=O)NCc2ccccc2Cl)c1. The molecule has 22 heavy (non-hydrogen) atoms. The molecule has 0 radical (unpaired) electrons. The maximum atomic E-state index is 11.8. The van der Waals surface area contributed by atoms with Crippen molar-refractivity contribution in [3.63, 3.8) is 0 Å². The fraction of sp³-hybridized carbons (Fsp3) is 0.278. The predicted octanol–water partition coefficient (Wildman–Crippen LogP) is 4.16. The molecule has 0 bridgehead atoms. The molecule has 116 valence electrons. The molecule has 0 aromatic heterocycles. The first-order chi connectivity index (χ1) is 10.6. The number of nitrogens with one attached hydrogen (secondary N) is 1. The minimum absolute atomic E-state index is 0.00794. The number of hydrogen-bond donors (Lipinski definition) is 1. The van der Waals surface area contributed by atoms with Crippen molar-refractivity contribution in [3.8, 4) is 5.75 Å². The monoisotopic (exact) mass is 317 g/mol. The lowest BCUT2D eigenvalue weighted by Crippen LogP contribution is -2.28. The van der Waals surface area contributed by atoms with Crippen LogP contribution in [-0.4, -0.2) is 12.5 Å². The fourth-order valence-corrected chi connectivity index (χ4v) is 2.20. The highest BCUT2D eigenvalue weighted by molar-refractivity contribution is 6.31. The van der Waals surface area contributed by atoms with Crippen molar-refractivity contribution in [1.82, 2.24) is 5.32 Å². The summed E-state index contributed by atoms with van der Waals surface area (Å²) in [7, 11) is 0. The molecule has 3 nitrogen and oxygen atoms in total. The standard InChI is InChI=1S/C18H20ClNO2/c1-13(2)14-7-5-8-16(10-14)22-12-18(21)20-11-15-6-3-4-9-17(15)19/h3-10,13H,11-12H2,1-2H3,(H,20,21). The lowest BCUT2D eigenvalue weighted by Gasteiger charge is -2.10. The molecule has 0 saturated carbocycles. The highest BCUT2D eigenvalue weighted by Gasteiger charge is 2.06. The minimum atomic E-state index is -0.171. The minimum Gasteiger partial charge on any atom is -0.484 e. The highest BCUT2D eigenvalue weighted by Crippen LogP contribution is 2.20. The van der Waals surface area contributed by atoms with Gasteiger partial charge >= 0.3 is 0 Å². The predicted molar refractivity (Wildman–Crippen MR) is 89.3 cm³/mol. The first-order valence-electron chi connectivity index (χ1n) is 7.29. The third-order valence-electron chi connectivity index (χ3n) is 3.33. The van der Waals surface area contributed by atoms with Crippen LogP contribution in [0, 0.1) is 0 Å². The smallest absolute Gasteiger partial charge is 0.258 e. The van der Waals surface area contributed by atoms with Crippen molar-refractivity contribution in [1.29, 1.82) is 0 Å². The Morgan fingerprint density at radius 2 is 1.95 bits per heavy atom. The third-order valence-corrected chi connectivity index (χ3v) is 3.70. The van der Waals surface area contributed by atoms with Gasteiger partial charge in [0.2, 0.25) is 0 Å². The normalized spacial score (nSPS) is 10.5. The van der Waals surface area contributed by atoms with Crippen molar-refractivity contribution < 1.29 is 9.53 Å². The summed E-state index contributed by atoms with van der Waals surface area (Å²) < 4.78 is 5.53. The number of carbonyl (C=O) groups excluding carboxylic acids is 1. The zero-order valence-corrected chi connectivity index (χ0v) is 13.6. The Hall–Kier alpha value is -2.00. The number of rotatable bonds is 6. The molecule has 1 N–H and O–H groups in total. The molecular formula is C18H20ClNO2. The summed E-state index contributed by atoms with van der Waals surface area (Å²) in [5.41, 5.74) is 2.08. The molecule has 1 amide bonds. The van der Waals surface area contributed by atoms with E-state index in [1.807, 2.05) is 36.4 Å². The molecule has 2 rings (SSSR count). The third kappa shape index (κ3) is 4.78. The Labute approximate surface area is 136 Å².